The zero-order valence-electron chi connectivity index (χ0n) is 11.0. The van der Waals surface area contributed by atoms with Crippen molar-refractivity contribution in [1.29, 1.82) is 0 Å². The van der Waals surface area contributed by atoms with Crippen molar-refractivity contribution in [3.8, 4) is 5.75 Å². The minimum absolute atomic E-state index is 0.110. The maximum absolute atomic E-state index is 12.0. The van der Waals surface area contributed by atoms with Crippen molar-refractivity contribution in [2.24, 2.45) is 0 Å². The maximum atomic E-state index is 12.0. The van der Waals surface area contributed by atoms with E-state index in [0.29, 0.717) is 23.4 Å². The lowest BCUT2D eigenvalue weighted by Gasteiger charge is -2.27. The quantitative estimate of drug-likeness (QED) is 0.687. The highest BCUT2D eigenvalue weighted by molar-refractivity contribution is 5.95. The lowest BCUT2D eigenvalue weighted by atomic mass is 9.99. The lowest BCUT2D eigenvalue weighted by molar-refractivity contribution is 0.0847. The summed E-state index contributed by atoms with van der Waals surface area (Å²) in [4.78, 5) is 12.0. The number of ether oxygens (including phenoxy) is 1. The van der Waals surface area contributed by atoms with Gasteiger partial charge in [-0.3, -0.25) is 4.79 Å². The number of hydrogen-bond donors (Lipinski definition) is 3. The molecule has 0 saturated carbocycles. The Bertz CT molecular complexity index is 428. The Hall–Kier alpha value is -1.75. The summed E-state index contributed by atoms with van der Waals surface area (Å²) in [5, 5.41) is 12.0. The van der Waals surface area contributed by atoms with Crippen molar-refractivity contribution in [3.63, 3.8) is 0 Å². The van der Waals surface area contributed by atoms with Gasteiger partial charge in [-0.05, 0) is 31.5 Å². The van der Waals surface area contributed by atoms with E-state index in [1.807, 2.05) is 6.92 Å². The third-order valence-electron chi connectivity index (χ3n) is 3.04. The Morgan fingerprint density at radius 3 is 2.67 bits per heavy atom. The highest BCUT2D eigenvalue weighted by Crippen LogP contribution is 2.22. The van der Waals surface area contributed by atoms with Crippen LogP contribution in [0.25, 0.3) is 0 Å². The van der Waals surface area contributed by atoms with Gasteiger partial charge in [-0.15, -0.1) is 0 Å². The zero-order valence-corrected chi connectivity index (χ0v) is 11.0. The molecule has 0 aromatic heterocycles. The summed E-state index contributed by atoms with van der Waals surface area (Å²) < 4.78 is 5.03. The van der Waals surface area contributed by atoms with Crippen LogP contribution in [0.4, 0.5) is 5.69 Å². The summed E-state index contributed by atoms with van der Waals surface area (Å²) in [7, 11) is 1.52. The highest BCUT2D eigenvalue weighted by Gasteiger charge is 2.24. The van der Waals surface area contributed by atoms with Gasteiger partial charge in [-0.25, -0.2) is 0 Å². The first-order valence-electron chi connectivity index (χ1n) is 5.82. The van der Waals surface area contributed by atoms with Gasteiger partial charge in [-0.2, -0.15) is 0 Å². The van der Waals surface area contributed by atoms with Gasteiger partial charge in [0.1, 0.15) is 5.75 Å². The molecule has 1 rings (SSSR count). The van der Waals surface area contributed by atoms with Crippen molar-refractivity contribution >= 4 is 11.6 Å². The van der Waals surface area contributed by atoms with Crippen LogP contribution in [0.2, 0.25) is 0 Å². The monoisotopic (exact) mass is 252 g/mol. The average Bonchev–Trinajstić information content (AvgIpc) is 2.38. The van der Waals surface area contributed by atoms with E-state index in [0.717, 1.165) is 0 Å². The van der Waals surface area contributed by atoms with Gasteiger partial charge in [0.2, 0.25) is 0 Å². The third-order valence-corrected chi connectivity index (χ3v) is 3.04. The molecule has 1 amide bonds. The fourth-order valence-electron chi connectivity index (χ4n) is 1.46. The number of methoxy groups -OCH3 is 1. The normalized spacial score (nSPS) is 13.8. The van der Waals surface area contributed by atoms with Crippen LogP contribution in [-0.4, -0.2) is 30.3 Å². The molecule has 0 aliphatic rings. The summed E-state index contributed by atoms with van der Waals surface area (Å²) in [6, 6.07) is 4.84. The van der Waals surface area contributed by atoms with Crippen molar-refractivity contribution in [2.45, 2.75) is 25.8 Å². The number of anilines is 1. The second-order valence-corrected chi connectivity index (χ2v) is 4.48. The fourth-order valence-corrected chi connectivity index (χ4v) is 1.46. The Morgan fingerprint density at radius 2 is 2.22 bits per heavy atom. The van der Waals surface area contributed by atoms with Crippen LogP contribution in [0.5, 0.6) is 5.75 Å². The maximum Gasteiger partial charge on any atom is 0.251 e. The standard InChI is InChI=1S/C13H20N2O3/c1-4-13(2,8-16)15-12(17)9-5-6-11(18-3)10(14)7-9/h5-7,16H,4,8,14H2,1-3H3,(H,15,17). The number of carbonyl (C=O) groups is 1. The summed E-state index contributed by atoms with van der Waals surface area (Å²) in [6.45, 7) is 3.58. The number of nitrogens with one attached hydrogen (secondary N) is 1. The molecule has 1 aromatic rings. The van der Waals surface area contributed by atoms with Gasteiger partial charge in [-0.1, -0.05) is 6.92 Å². The number of amides is 1. The first-order chi connectivity index (χ1) is 8.45. The van der Waals surface area contributed by atoms with Crippen LogP contribution in [0.15, 0.2) is 18.2 Å². The van der Waals surface area contributed by atoms with Crippen molar-refractivity contribution in [1.82, 2.24) is 5.32 Å². The van der Waals surface area contributed by atoms with Crippen LogP contribution in [-0.2, 0) is 0 Å². The van der Waals surface area contributed by atoms with E-state index in [2.05, 4.69) is 5.32 Å². The van der Waals surface area contributed by atoms with Crippen LogP contribution in [0.3, 0.4) is 0 Å². The smallest absolute Gasteiger partial charge is 0.251 e. The molecule has 0 aliphatic carbocycles. The number of aliphatic hydroxyl groups excluding tert-OH is 1. The minimum atomic E-state index is -0.619. The molecule has 0 saturated heterocycles. The molecule has 0 fully saturated rings. The molecule has 0 radical (unpaired) electrons. The summed E-state index contributed by atoms with van der Waals surface area (Å²) in [6.07, 6.45) is 0.640. The number of nitrogens with two attached hydrogens (primary N) is 1. The molecule has 5 nitrogen and oxygen atoms in total. The molecule has 100 valence electrons. The zero-order chi connectivity index (χ0) is 13.8. The van der Waals surface area contributed by atoms with E-state index in [4.69, 9.17) is 10.5 Å². The summed E-state index contributed by atoms with van der Waals surface area (Å²) >= 11 is 0. The molecule has 0 heterocycles. The number of carbonyl (C=O) groups excluding carboxylic acids is 1. The molecule has 0 aliphatic heterocycles. The molecule has 1 atom stereocenters. The van der Waals surface area contributed by atoms with Crippen LogP contribution in [0, 0.1) is 0 Å². The van der Waals surface area contributed by atoms with Gasteiger partial charge < -0.3 is 20.9 Å². The number of benzene rings is 1. The number of rotatable bonds is 5. The molecule has 0 bridgehead atoms. The molecule has 1 unspecified atom stereocenters. The largest absolute Gasteiger partial charge is 0.495 e. The van der Waals surface area contributed by atoms with E-state index in [-0.39, 0.29) is 12.5 Å². The topological polar surface area (TPSA) is 84.6 Å². The van der Waals surface area contributed by atoms with Gasteiger partial charge in [0.15, 0.2) is 0 Å². The first kappa shape index (κ1) is 14.3. The van der Waals surface area contributed by atoms with Crippen molar-refractivity contribution in [2.75, 3.05) is 19.5 Å². The second kappa shape index (κ2) is 5.73. The number of hydrogen-bond acceptors (Lipinski definition) is 4. The van der Waals surface area contributed by atoms with E-state index in [9.17, 15) is 9.90 Å². The highest BCUT2D eigenvalue weighted by atomic mass is 16.5. The Labute approximate surface area is 107 Å². The molecule has 5 heteroatoms. The lowest BCUT2D eigenvalue weighted by Crippen LogP contribution is -2.48. The second-order valence-electron chi connectivity index (χ2n) is 4.48. The van der Waals surface area contributed by atoms with E-state index in [1.165, 1.54) is 7.11 Å². The van der Waals surface area contributed by atoms with Crippen molar-refractivity contribution in [3.05, 3.63) is 23.8 Å². The molecule has 4 N–H and O–H groups in total. The van der Waals surface area contributed by atoms with Gasteiger partial charge in [0, 0.05) is 5.56 Å². The average molecular weight is 252 g/mol. The van der Waals surface area contributed by atoms with E-state index in [1.54, 1.807) is 25.1 Å². The minimum Gasteiger partial charge on any atom is -0.495 e. The van der Waals surface area contributed by atoms with Crippen LogP contribution >= 0.6 is 0 Å². The number of nitrogen functional groups attached to an aromatic ring is 1. The van der Waals surface area contributed by atoms with Crippen LogP contribution < -0.4 is 15.8 Å². The molecule has 18 heavy (non-hydrogen) atoms. The fraction of sp³-hybridized carbons (Fsp3) is 0.462. The van der Waals surface area contributed by atoms with E-state index < -0.39 is 5.54 Å². The van der Waals surface area contributed by atoms with E-state index >= 15 is 0 Å². The molecule has 1 aromatic carbocycles. The predicted molar refractivity (Wildman–Crippen MR) is 70.7 cm³/mol. The SMILES string of the molecule is CCC(C)(CO)NC(=O)c1ccc(OC)c(N)c1. The summed E-state index contributed by atoms with van der Waals surface area (Å²) in [5.74, 6) is 0.273. The van der Waals surface area contributed by atoms with Gasteiger partial charge in [0.25, 0.3) is 5.91 Å². The van der Waals surface area contributed by atoms with Gasteiger partial charge in [0.05, 0.1) is 24.9 Å². The molecule has 0 spiro atoms. The molecular weight excluding hydrogens is 232 g/mol. The Balaban J connectivity index is 2.88. The molecular formula is C13H20N2O3. The first-order valence-corrected chi connectivity index (χ1v) is 5.82. The van der Waals surface area contributed by atoms with Gasteiger partial charge >= 0.3 is 0 Å². The van der Waals surface area contributed by atoms with Crippen molar-refractivity contribution < 1.29 is 14.6 Å². The third kappa shape index (κ3) is 3.13. The predicted octanol–water partition coefficient (Wildman–Crippen LogP) is 1.17. The Morgan fingerprint density at radius 1 is 1.56 bits per heavy atom. The summed E-state index contributed by atoms with van der Waals surface area (Å²) in [5.41, 5.74) is 5.98. The Kier molecular flexibility index (Phi) is 4.55. The van der Waals surface area contributed by atoms with Crippen LogP contribution in [0.1, 0.15) is 30.6 Å². The number of aliphatic hydroxyl groups is 1.